The first-order chi connectivity index (χ1) is 14.9. The van der Waals surface area contributed by atoms with Crippen LogP contribution in [0.4, 0.5) is 14.9 Å². The Kier molecular flexibility index (Phi) is 5.66. The molecule has 9 heteroatoms. The third-order valence-corrected chi connectivity index (χ3v) is 5.00. The second-order valence-electron chi connectivity index (χ2n) is 7.33. The first kappa shape index (κ1) is 20.5. The molecule has 160 valence electrons. The summed E-state index contributed by atoms with van der Waals surface area (Å²) >= 11 is 0. The standard InChI is InChI=1S/C22H21FN4O4/c1-2-20(31-16-8-5-14(6-9-16)21(28)13-3-4-13)19-12-24-27(26-19)15-7-10-18(17(23)11-15)25-22(29)30/h5-13,20,25H,2-4H2,1H3,(H,29,30). The van der Waals surface area contributed by atoms with E-state index in [0.29, 0.717) is 29.1 Å². The molecule has 1 unspecified atom stereocenters. The number of amides is 1. The number of hydrogen-bond acceptors (Lipinski definition) is 5. The van der Waals surface area contributed by atoms with Crippen LogP contribution in [0.15, 0.2) is 48.7 Å². The number of ether oxygens (including phenoxy) is 1. The fourth-order valence-electron chi connectivity index (χ4n) is 3.19. The van der Waals surface area contributed by atoms with E-state index in [2.05, 4.69) is 10.2 Å². The number of nitrogens with one attached hydrogen (secondary N) is 1. The molecule has 8 nitrogen and oxygen atoms in total. The number of carbonyl (C=O) groups excluding carboxylic acids is 1. The zero-order chi connectivity index (χ0) is 22.0. The van der Waals surface area contributed by atoms with Gasteiger partial charge in [0, 0.05) is 17.5 Å². The summed E-state index contributed by atoms with van der Waals surface area (Å²) in [7, 11) is 0. The van der Waals surface area contributed by atoms with E-state index >= 15 is 0 Å². The number of anilines is 1. The summed E-state index contributed by atoms with van der Waals surface area (Å²) in [5.74, 6) is 0.231. The van der Waals surface area contributed by atoms with E-state index in [-0.39, 0.29) is 23.5 Å². The highest BCUT2D eigenvalue weighted by Gasteiger charge is 2.30. The number of ketones is 1. The second kappa shape index (κ2) is 8.55. The highest BCUT2D eigenvalue weighted by molar-refractivity contribution is 5.99. The quantitative estimate of drug-likeness (QED) is 0.511. The monoisotopic (exact) mass is 424 g/mol. The normalized spacial score (nSPS) is 14.1. The molecule has 0 saturated heterocycles. The molecule has 0 aliphatic heterocycles. The van der Waals surface area contributed by atoms with Crippen molar-refractivity contribution in [1.82, 2.24) is 15.0 Å². The van der Waals surface area contributed by atoms with Crippen LogP contribution in [0.25, 0.3) is 5.69 Å². The van der Waals surface area contributed by atoms with Crippen molar-refractivity contribution in [2.75, 3.05) is 5.32 Å². The molecule has 1 heterocycles. The highest BCUT2D eigenvalue weighted by Crippen LogP contribution is 2.33. The molecule has 1 aromatic heterocycles. The molecule has 2 N–H and O–H groups in total. The Bertz CT molecular complexity index is 1110. The Balaban J connectivity index is 1.47. The van der Waals surface area contributed by atoms with Gasteiger partial charge in [-0.05, 0) is 55.7 Å². The maximum atomic E-state index is 14.1. The number of hydrogen-bond donors (Lipinski definition) is 2. The number of carboxylic acid groups (broad SMARTS) is 1. The predicted molar refractivity (Wildman–Crippen MR) is 110 cm³/mol. The third-order valence-electron chi connectivity index (χ3n) is 5.00. The molecular weight excluding hydrogens is 403 g/mol. The number of nitrogens with zero attached hydrogens (tertiary/aromatic N) is 3. The van der Waals surface area contributed by atoms with Crippen molar-refractivity contribution in [2.24, 2.45) is 5.92 Å². The van der Waals surface area contributed by atoms with E-state index in [4.69, 9.17) is 9.84 Å². The fraction of sp³-hybridized carbons (Fsp3) is 0.273. The number of carbonyl (C=O) groups is 2. The molecule has 4 rings (SSSR count). The number of Topliss-reactive ketones (excluding diaryl/α,β-unsaturated/α-hetero) is 1. The first-order valence-corrected chi connectivity index (χ1v) is 9.97. The lowest BCUT2D eigenvalue weighted by molar-refractivity contribution is 0.0967. The number of aromatic nitrogens is 3. The van der Waals surface area contributed by atoms with E-state index in [1.165, 1.54) is 16.9 Å². The van der Waals surface area contributed by atoms with Gasteiger partial charge in [0.25, 0.3) is 0 Å². The smallest absolute Gasteiger partial charge is 0.409 e. The first-order valence-electron chi connectivity index (χ1n) is 9.97. The van der Waals surface area contributed by atoms with E-state index in [9.17, 15) is 14.0 Å². The van der Waals surface area contributed by atoms with Crippen LogP contribution < -0.4 is 10.1 Å². The Morgan fingerprint density at radius 2 is 2.00 bits per heavy atom. The van der Waals surface area contributed by atoms with Crippen molar-refractivity contribution in [3.8, 4) is 11.4 Å². The van der Waals surface area contributed by atoms with Crippen LogP contribution in [0.2, 0.25) is 0 Å². The summed E-state index contributed by atoms with van der Waals surface area (Å²) in [6, 6.07) is 11.0. The van der Waals surface area contributed by atoms with E-state index in [0.717, 1.165) is 18.9 Å². The average molecular weight is 424 g/mol. The van der Waals surface area contributed by atoms with Crippen molar-refractivity contribution >= 4 is 17.6 Å². The van der Waals surface area contributed by atoms with Crippen molar-refractivity contribution in [3.05, 3.63) is 65.7 Å². The minimum absolute atomic E-state index is 0.151. The molecule has 1 saturated carbocycles. The minimum atomic E-state index is -1.35. The lowest BCUT2D eigenvalue weighted by Gasteiger charge is -2.15. The number of benzene rings is 2. The summed E-state index contributed by atoms with van der Waals surface area (Å²) < 4.78 is 20.1. The molecule has 1 amide bonds. The number of halogens is 1. The molecule has 2 aromatic carbocycles. The molecule has 3 aromatic rings. The van der Waals surface area contributed by atoms with Crippen molar-refractivity contribution in [3.63, 3.8) is 0 Å². The topological polar surface area (TPSA) is 106 Å². The molecule has 1 atom stereocenters. The molecule has 1 aliphatic carbocycles. The molecule has 1 fully saturated rings. The average Bonchev–Trinajstić information content (AvgIpc) is 3.50. The second-order valence-corrected chi connectivity index (χ2v) is 7.33. The van der Waals surface area contributed by atoms with Crippen LogP contribution in [-0.4, -0.2) is 32.0 Å². The van der Waals surface area contributed by atoms with Gasteiger partial charge in [-0.3, -0.25) is 10.1 Å². The Morgan fingerprint density at radius 3 is 2.61 bits per heavy atom. The maximum absolute atomic E-state index is 14.1. The Hall–Kier alpha value is -3.75. The van der Waals surface area contributed by atoms with Gasteiger partial charge < -0.3 is 9.84 Å². The summed E-state index contributed by atoms with van der Waals surface area (Å²) in [5.41, 5.74) is 1.45. The largest absolute Gasteiger partial charge is 0.484 e. The minimum Gasteiger partial charge on any atom is -0.484 e. The molecular formula is C22H21FN4O4. The van der Waals surface area contributed by atoms with Crippen LogP contribution in [-0.2, 0) is 0 Å². The molecule has 0 spiro atoms. The maximum Gasteiger partial charge on any atom is 0.409 e. The summed E-state index contributed by atoms with van der Waals surface area (Å²) in [6.45, 7) is 1.95. The van der Waals surface area contributed by atoms with Gasteiger partial charge in [0.2, 0.25) is 0 Å². The van der Waals surface area contributed by atoms with Crippen LogP contribution in [0.1, 0.15) is 48.3 Å². The fourth-order valence-corrected chi connectivity index (χ4v) is 3.19. The van der Waals surface area contributed by atoms with Gasteiger partial charge in [0.1, 0.15) is 23.4 Å². The molecule has 31 heavy (non-hydrogen) atoms. The van der Waals surface area contributed by atoms with E-state index < -0.39 is 11.9 Å². The van der Waals surface area contributed by atoms with Gasteiger partial charge in [-0.25, -0.2) is 9.18 Å². The van der Waals surface area contributed by atoms with E-state index in [1.54, 1.807) is 30.5 Å². The van der Waals surface area contributed by atoms with Gasteiger partial charge in [-0.15, -0.1) is 5.10 Å². The predicted octanol–water partition coefficient (Wildman–Crippen LogP) is 4.62. The summed E-state index contributed by atoms with van der Waals surface area (Å²) in [4.78, 5) is 24.1. The Morgan fingerprint density at radius 1 is 1.26 bits per heavy atom. The zero-order valence-electron chi connectivity index (χ0n) is 16.8. The van der Waals surface area contributed by atoms with Crippen LogP contribution >= 0.6 is 0 Å². The van der Waals surface area contributed by atoms with Gasteiger partial charge >= 0.3 is 6.09 Å². The SMILES string of the molecule is CCC(Oc1ccc(C(=O)C2CC2)cc1)c1cnn(-c2ccc(NC(=O)O)c(F)c2)n1. The van der Waals surface area contributed by atoms with E-state index in [1.807, 2.05) is 12.2 Å². The van der Waals surface area contributed by atoms with Gasteiger partial charge in [-0.1, -0.05) is 6.92 Å². The van der Waals surface area contributed by atoms with Crippen molar-refractivity contribution < 1.29 is 23.8 Å². The summed E-state index contributed by atoms with van der Waals surface area (Å²) in [6.07, 6.45) is 2.37. The van der Waals surface area contributed by atoms with Gasteiger partial charge in [-0.2, -0.15) is 9.90 Å². The Labute approximate surface area is 177 Å². The summed E-state index contributed by atoms with van der Waals surface area (Å²) in [5, 5.41) is 19.3. The zero-order valence-corrected chi connectivity index (χ0v) is 16.8. The van der Waals surface area contributed by atoms with Crippen molar-refractivity contribution in [1.29, 1.82) is 0 Å². The lowest BCUT2D eigenvalue weighted by atomic mass is 10.1. The molecule has 1 aliphatic rings. The lowest BCUT2D eigenvalue weighted by Crippen LogP contribution is -2.10. The molecule has 0 radical (unpaired) electrons. The van der Waals surface area contributed by atoms with Gasteiger partial charge in [0.15, 0.2) is 5.78 Å². The van der Waals surface area contributed by atoms with Crippen LogP contribution in [0.3, 0.4) is 0 Å². The van der Waals surface area contributed by atoms with Gasteiger partial charge in [0.05, 0.1) is 17.6 Å². The highest BCUT2D eigenvalue weighted by atomic mass is 19.1. The van der Waals surface area contributed by atoms with Crippen molar-refractivity contribution in [2.45, 2.75) is 32.3 Å². The van der Waals surface area contributed by atoms with Crippen LogP contribution in [0, 0.1) is 11.7 Å². The third kappa shape index (κ3) is 4.71. The molecule has 0 bridgehead atoms. The van der Waals surface area contributed by atoms with Crippen LogP contribution in [0.5, 0.6) is 5.75 Å². The number of rotatable bonds is 8.